The number of hydrogen-bond acceptors (Lipinski definition) is 2. The Hall–Kier alpha value is -1.81. The number of rotatable bonds is 8. The van der Waals surface area contributed by atoms with Crippen molar-refractivity contribution >= 4 is 29.1 Å². The minimum absolute atomic E-state index is 0.0127. The molecular weight excluding hydrogens is 441 g/mol. The van der Waals surface area contributed by atoms with E-state index in [0.717, 1.165) is 17.5 Å². The molecule has 0 unspecified atom stereocenters. The standard InChI is InChI=1S/C27H33Cl2NO2/c1-5-13-27(4)16-24(20-7-6-8-22(29)15-20)25(19-9-11-21(28)12-10-19)30(26(27)32)23(17-31)14-18(2)3/h5-12,15,18,23-25,31H,1,13-14,16-17H2,2-4H3/t23-,24+,25+,27-/m0/s1. The van der Waals surface area contributed by atoms with E-state index >= 15 is 0 Å². The Morgan fingerprint density at radius 3 is 2.41 bits per heavy atom. The number of piperidine rings is 1. The van der Waals surface area contributed by atoms with Crippen LogP contribution in [0.25, 0.3) is 0 Å². The molecule has 1 saturated heterocycles. The first-order valence-electron chi connectivity index (χ1n) is 11.3. The molecule has 5 heteroatoms. The van der Waals surface area contributed by atoms with Crippen LogP contribution in [0.2, 0.25) is 10.0 Å². The molecule has 0 spiro atoms. The van der Waals surface area contributed by atoms with Crippen molar-refractivity contribution in [1.82, 2.24) is 4.90 Å². The molecule has 3 rings (SSSR count). The second kappa shape index (κ2) is 10.4. The van der Waals surface area contributed by atoms with E-state index in [4.69, 9.17) is 23.2 Å². The summed E-state index contributed by atoms with van der Waals surface area (Å²) >= 11 is 12.6. The molecule has 172 valence electrons. The summed E-state index contributed by atoms with van der Waals surface area (Å²) in [6.45, 7) is 10.1. The van der Waals surface area contributed by atoms with Gasteiger partial charge in [0.05, 0.1) is 24.1 Å². The van der Waals surface area contributed by atoms with Gasteiger partial charge in [-0.1, -0.05) is 74.3 Å². The van der Waals surface area contributed by atoms with E-state index in [1.165, 1.54) is 0 Å². The van der Waals surface area contributed by atoms with Gasteiger partial charge in [-0.05, 0) is 60.6 Å². The molecule has 2 aromatic rings. The first kappa shape index (κ1) is 24.8. The van der Waals surface area contributed by atoms with Gasteiger partial charge in [0.25, 0.3) is 0 Å². The largest absolute Gasteiger partial charge is 0.394 e. The molecule has 1 aliphatic rings. The Labute approximate surface area is 202 Å². The number of nitrogens with zero attached hydrogens (tertiary/aromatic N) is 1. The summed E-state index contributed by atoms with van der Waals surface area (Å²) in [7, 11) is 0. The monoisotopic (exact) mass is 473 g/mol. The minimum Gasteiger partial charge on any atom is -0.394 e. The Balaban J connectivity index is 2.22. The molecule has 0 aliphatic carbocycles. The highest BCUT2D eigenvalue weighted by Crippen LogP contribution is 2.52. The van der Waals surface area contributed by atoms with Crippen molar-refractivity contribution < 1.29 is 9.90 Å². The van der Waals surface area contributed by atoms with E-state index in [2.05, 4.69) is 26.5 Å². The number of carbonyl (C=O) groups is 1. The van der Waals surface area contributed by atoms with Crippen molar-refractivity contribution in [2.75, 3.05) is 6.61 Å². The molecule has 0 radical (unpaired) electrons. The molecule has 0 bridgehead atoms. The third-order valence-electron chi connectivity index (χ3n) is 6.53. The highest BCUT2D eigenvalue weighted by molar-refractivity contribution is 6.30. The predicted octanol–water partition coefficient (Wildman–Crippen LogP) is 7.04. The molecule has 4 atom stereocenters. The number of benzene rings is 2. The SMILES string of the molecule is C=CC[C@@]1(C)C[C@H](c2cccc(Cl)c2)[C@@H](c2ccc(Cl)cc2)N([C@H](CO)CC(C)C)C1=O. The number of likely N-dealkylation sites (tertiary alicyclic amines) is 1. The van der Waals surface area contributed by atoms with Crippen LogP contribution in [0.3, 0.4) is 0 Å². The summed E-state index contributed by atoms with van der Waals surface area (Å²) < 4.78 is 0. The number of halogens is 2. The molecule has 3 nitrogen and oxygen atoms in total. The summed E-state index contributed by atoms with van der Waals surface area (Å²) in [6.07, 6.45) is 3.79. The third kappa shape index (κ3) is 5.22. The average molecular weight is 474 g/mol. The molecule has 1 amide bonds. The van der Waals surface area contributed by atoms with Crippen LogP contribution in [0.4, 0.5) is 0 Å². The summed E-state index contributed by atoms with van der Waals surface area (Å²) in [5.41, 5.74) is 1.49. The van der Waals surface area contributed by atoms with Crippen LogP contribution in [0, 0.1) is 11.3 Å². The summed E-state index contributed by atoms with van der Waals surface area (Å²) in [5, 5.41) is 11.7. The highest BCUT2D eigenvalue weighted by atomic mass is 35.5. The summed E-state index contributed by atoms with van der Waals surface area (Å²) in [5.74, 6) is 0.414. The van der Waals surface area contributed by atoms with E-state index in [1.807, 2.05) is 60.4 Å². The summed E-state index contributed by atoms with van der Waals surface area (Å²) in [4.78, 5) is 16.0. The molecule has 2 aromatic carbocycles. The molecule has 1 fully saturated rings. The number of hydrogen-bond donors (Lipinski definition) is 1. The topological polar surface area (TPSA) is 40.5 Å². The summed E-state index contributed by atoms with van der Waals surface area (Å²) in [6, 6.07) is 15.1. The number of aliphatic hydroxyl groups excluding tert-OH is 1. The van der Waals surface area contributed by atoms with Gasteiger partial charge in [0, 0.05) is 16.0 Å². The van der Waals surface area contributed by atoms with Crippen LogP contribution in [-0.2, 0) is 4.79 Å². The van der Waals surface area contributed by atoms with E-state index in [9.17, 15) is 9.90 Å². The molecule has 1 N–H and O–H groups in total. The van der Waals surface area contributed by atoms with Crippen LogP contribution < -0.4 is 0 Å². The predicted molar refractivity (Wildman–Crippen MR) is 133 cm³/mol. The van der Waals surface area contributed by atoms with Gasteiger partial charge in [0.1, 0.15) is 0 Å². The zero-order chi connectivity index (χ0) is 23.5. The van der Waals surface area contributed by atoms with Crippen LogP contribution in [0.15, 0.2) is 61.2 Å². The number of allylic oxidation sites excluding steroid dienone is 1. The fourth-order valence-corrected chi connectivity index (χ4v) is 5.43. The van der Waals surface area contributed by atoms with Crippen LogP contribution in [0.5, 0.6) is 0 Å². The first-order chi connectivity index (χ1) is 15.2. The number of aliphatic hydroxyl groups is 1. The molecule has 32 heavy (non-hydrogen) atoms. The lowest BCUT2D eigenvalue weighted by atomic mass is 9.67. The zero-order valence-corrected chi connectivity index (χ0v) is 20.6. The van der Waals surface area contributed by atoms with Gasteiger partial charge in [0.15, 0.2) is 0 Å². The lowest BCUT2D eigenvalue weighted by molar-refractivity contribution is -0.156. The zero-order valence-electron chi connectivity index (χ0n) is 19.1. The van der Waals surface area contributed by atoms with Crippen molar-refractivity contribution in [3.63, 3.8) is 0 Å². The van der Waals surface area contributed by atoms with Gasteiger partial charge in [-0.2, -0.15) is 0 Å². The maximum absolute atomic E-state index is 14.0. The van der Waals surface area contributed by atoms with Gasteiger partial charge in [-0.3, -0.25) is 4.79 Å². The van der Waals surface area contributed by atoms with Gasteiger partial charge >= 0.3 is 0 Å². The second-order valence-electron chi connectivity index (χ2n) is 9.59. The molecular formula is C27H33Cl2NO2. The van der Waals surface area contributed by atoms with Gasteiger partial charge in [-0.25, -0.2) is 0 Å². The van der Waals surface area contributed by atoms with Crippen molar-refractivity contribution in [1.29, 1.82) is 0 Å². The van der Waals surface area contributed by atoms with Gasteiger partial charge in [0.2, 0.25) is 5.91 Å². The molecule has 0 saturated carbocycles. The van der Waals surface area contributed by atoms with Crippen LogP contribution in [-0.4, -0.2) is 28.6 Å². The quantitative estimate of drug-likeness (QED) is 0.417. The lowest BCUT2D eigenvalue weighted by Crippen LogP contribution is -2.56. The normalized spacial score (nSPS) is 24.6. The van der Waals surface area contributed by atoms with Crippen molar-refractivity contribution in [2.24, 2.45) is 11.3 Å². The van der Waals surface area contributed by atoms with E-state index in [-0.39, 0.29) is 30.5 Å². The maximum atomic E-state index is 14.0. The van der Waals surface area contributed by atoms with E-state index in [0.29, 0.717) is 28.8 Å². The molecule has 1 heterocycles. The van der Waals surface area contributed by atoms with Gasteiger partial charge in [-0.15, -0.1) is 6.58 Å². The first-order valence-corrected chi connectivity index (χ1v) is 12.0. The Kier molecular flexibility index (Phi) is 8.08. The fraction of sp³-hybridized carbons (Fsp3) is 0.444. The molecule has 1 aliphatic heterocycles. The van der Waals surface area contributed by atoms with Crippen molar-refractivity contribution in [3.8, 4) is 0 Å². The maximum Gasteiger partial charge on any atom is 0.229 e. The number of carbonyl (C=O) groups excluding carboxylic acids is 1. The smallest absolute Gasteiger partial charge is 0.229 e. The fourth-order valence-electron chi connectivity index (χ4n) is 5.11. The number of amides is 1. The van der Waals surface area contributed by atoms with Crippen LogP contribution >= 0.6 is 23.2 Å². The Morgan fingerprint density at radius 2 is 1.84 bits per heavy atom. The van der Waals surface area contributed by atoms with Gasteiger partial charge < -0.3 is 10.0 Å². The van der Waals surface area contributed by atoms with E-state index < -0.39 is 5.41 Å². The highest BCUT2D eigenvalue weighted by Gasteiger charge is 2.51. The van der Waals surface area contributed by atoms with Crippen molar-refractivity contribution in [3.05, 3.63) is 82.4 Å². The lowest BCUT2D eigenvalue weighted by Gasteiger charge is -2.52. The minimum atomic E-state index is -0.609. The Bertz CT molecular complexity index is 943. The third-order valence-corrected chi connectivity index (χ3v) is 7.02. The van der Waals surface area contributed by atoms with Crippen molar-refractivity contribution in [2.45, 2.75) is 58.0 Å². The van der Waals surface area contributed by atoms with Crippen LogP contribution in [0.1, 0.15) is 63.1 Å². The average Bonchev–Trinajstić information content (AvgIpc) is 2.75. The molecule has 0 aromatic heterocycles. The Morgan fingerprint density at radius 1 is 1.16 bits per heavy atom. The van der Waals surface area contributed by atoms with E-state index in [1.54, 1.807) is 0 Å². The second-order valence-corrected chi connectivity index (χ2v) is 10.5.